The zero-order valence-electron chi connectivity index (χ0n) is 6.77. The molecule has 0 fully saturated rings. The van der Waals surface area contributed by atoms with Crippen molar-refractivity contribution in [2.45, 2.75) is 6.36 Å². The number of alkyl halides is 3. The van der Waals surface area contributed by atoms with Crippen LogP contribution in [-0.2, 0) is 0 Å². The number of aromatic nitrogens is 1. The molecule has 0 aliphatic rings. The van der Waals surface area contributed by atoms with Gasteiger partial charge in [0, 0.05) is 0 Å². The van der Waals surface area contributed by atoms with Crippen molar-refractivity contribution in [3.8, 4) is 11.8 Å². The molecule has 0 amide bonds. The number of hydrogen-bond donors (Lipinski definition) is 0. The highest BCUT2D eigenvalue weighted by Gasteiger charge is 2.33. The number of nitriles is 1. The van der Waals surface area contributed by atoms with E-state index in [0.717, 1.165) is 6.07 Å². The lowest BCUT2D eigenvalue weighted by atomic mass is 10.3. The summed E-state index contributed by atoms with van der Waals surface area (Å²) in [4.78, 5) is 3.33. The third-order valence-corrected chi connectivity index (χ3v) is 1.76. The SMILES string of the molecule is N#Cc1cc(Cl)c(OC(F)(F)F)c(Cl)n1. The normalized spacial score (nSPS) is 10.9. The second kappa shape index (κ2) is 4.13. The fraction of sp³-hybridized carbons (Fsp3) is 0.143. The molecule has 1 aromatic heterocycles. The summed E-state index contributed by atoms with van der Waals surface area (Å²) in [5.74, 6) is -0.815. The molecule has 0 atom stereocenters. The van der Waals surface area contributed by atoms with E-state index < -0.39 is 22.3 Å². The molecule has 0 N–H and O–H groups in total. The Balaban J connectivity index is 3.16. The van der Waals surface area contributed by atoms with Crippen LogP contribution in [0.5, 0.6) is 5.75 Å². The first-order chi connectivity index (χ1) is 6.83. The summed E-state index contributed by atoms with van der Waals surface area (Å²) >= 11 is 10.8. The van der Waals surface area contributed by atoms with Crippen molar-refractivity contribution < 1.29 is 17.9 Å². The van der Waals surface area contributed by atoms with Gasteiger partial charge in [-0.3, -0.25) is 0 Å². The molecular weight excluding hydrogens is 256 g/mol. The van der Waals surface area contributed by atoms with Crippen molar-refractivity contribution in [1.82, 2.24) is 4.98 Å². The van der Waals surface area contributed by atoms with Gasteiger partial charge in [0.05, 0.1) is 5.02 Å². The predicted molar refractivity (Wildman–Crippen MR) is 45.7 cm³/mol. The minimum Gasteiger partial charge on any atom is -0.401 e. The van der Waals surface area contributed by atoms with Gasteiger partial charge in [-0.25, -0.2) is 4.98 Å². The van der Waals surface area contributed by atoms with E-state index in [0.29, 0.717) is 0 Å². The first kappa shape index (κ1) is 11.9. The molecule has 0 aliphatic heterocycles. The highest BCUT2D eigenvalue weighted by Crippen LogP contribution is 2.35. The van der Waals surface area contributed by atoms with E-state index >= 15 is 0 Å². The Morgan fingerprint density at radius 1 is 1.40 bits per heavy atom. The molecule has 0 saturated heterocycles. The average molecular weight is 257 g/mol. The van der Waals surface area contributed by atoms with Crippen LogP contribution < -0.4 is 4.74 Å². The van der Waals surface area contributed by atoms with E-state index in [1.54, 1.807) is 6.07 Å². The summed E-state index contributed by atoms with van der Waals surface area (Å²) in [5.41, 5.74) is -0.195. The van der Waals surface area contributed by atoms with Crippen molar-refractivity contribution in [3.05, 3.63) is 21.9 Å². The van der Waals surface area contributed by atoms with Crippen LogP contribution in [0.1, 0.15) is 5.69 Å². The van der Waals surface area contributed by atoms with E-state index in [1.807, 2.05) is 0 Å². The van der Waals surface area contributed by atoms with Gasteiger partial charge >= 0.3 is 6.36 Å². The standard InChI is InChI=1S/C7HCl2F3N2O/c8-4-1-3(2-13)14-6(9)5(4)15-7(10,11)12/h1H. The number of ether oxygens (including phenoxy) is 1. The summed E-state index contributed by atoms with van der Waals surface area (Å²) in [6.45, 7) is 0. The summed E-state index contributed by atoms with van der Waals surface area (Å²) in [6.07, 6.45) is -4.91. The third-order valence-electron chi connectivity index (χ3n) is 1.22. The maximum atomic E-state index is 11.9. The Kier molecular flexibility index (Phi) is 3.27. The van der Waals surface area contributed by atoms with Crippen molar-refractivity contribution in [2.24, 2.45) is 0 Å². The highest BCUT2D eigenvalue weighted by molar-refractivity contribution is 6.36. The molecule has 8 heteroatoms. The quantitative estimate of drug-likeness (QED) is 0.726. The Morgan fingerprint density at radius 3 is 2.40 bits per heavy atom. The van der Waals surface area contributed by atoms with Crippen LogP contribution in [0.2, 0.25) is 10.2 Å². The molecule has 1 heterocycles. The molecule has 0 unspecified atom stereocenters. The van der Waals surface area contributed by atoms with Crippen LogP contribution in [0.25, 0.3) is 0 Å². The maximum Gasteiger partial charge on any atom is 0.573 e. The van der Waals surface area contributed by atoms with Gasteiger partial charge in [-0.05, 0) is 6.07 Å². The lowest BCUT2D eigenvalue weighted by molar-refractivity contribution is -0.274. The third kappa shape index (κ3) is 3.15. The van der Waals surface area contributed by atoms with Gasteiger partial charge in [0.15, 0.2) is 10.9 Å². The molecule has 0 saturated carbocycles. The van der Waals surface area contributed by atoms with Crippen molar-refractivity contribution in [1.29, 1.82) is 5.26 Å². The Bertz CT molecular complexity index is 404. The number of rotatable bonds is 1. The van der Waals surface area contributed by atoms with Crippen LogP contribution in [-0.4, -0.2) is 11.3 Å². The smallest absolute Gasteiger partial charge is 0.401 e. The molecule has 3 nitrogen and oxygen atoms in total. The second-order valence-corrected chi connectivity index (χ2v) is 3.03. The molecule has 0 aromatic carbocycles. The van der Waals surface area contributed by atoms with Crippen molar-refractivity contribution >= 4 is 23.2 Å². The van der Waals surface area contributed by atoms with Gasteiger partial charge in [0.25, 0.3) is 0 Å². The van der Waals surface area contributed by atoms with E-state index in [4.69, 9.17) is 28.5 Å². The van der Waals surface area contributed by atoms with E-state index in [-0.39, 0.29) is 5.69 Å². The monoisotopic (exact) mass is 256 g/mol. The highest BCUT2D eigenvalue weighted by atomic mass is 35.5. The number of nitrogens with zero attached hydrogens (tertiary/aromatic N) is 2. The Morgan fingerprint density at radius 2 is 2.00 bits per heavy atom. The average Bonchev–Trinajstić information content (AvgIpc) is 2.09. The van der Waals surface area contributed by atoms with Gasteiger partial charge in [0.2, 0.25) is 0 Å². The van der Waals surface area contributed by atoms with Gasteiger partial charge in [0.1, 0.15) is 11.8 Å². The van der Waals surface area contributed by atoms with Crippen LogP contribution in [0.3, 0.4) is 0 Å². The molecule has 1 aromatic rings. The van der Waals surface area contributed by atoms with Crippen molar-refractivity contribution in [2.75, 3.05) is 0 Å². The molecular formula is C7HCl2F3N2O. The topological polar surface area (TPSA) is 45.9 Å². The first-order valence-electron chi connectivity index (χ1n) is 3.35. The molecule has 80 valence electrons. The number of halogens is 5. The summed E-state index contributed by atoms with van der Waals surface area (Å²) in [5, 5.41) is 7.38. The van der Waals surface area contributed by atoms with E-state index in [1.165, 1.54) is 0 Å². The van der Waals surface area contributed by atoms with Gasteiger partial charge in [-0.1, -0.05) is 23.2 Å². The summed E-state index contributed by atoms with van der Waals surface area (Å²) < 4.78 is 39.1. The molecule has 0 aliphatic carbocycles. The predicted octanol–water partition coefficient (Wildman–Crippen LogP) is 3.16. The fourth-order valence-electron chi connectivity index (χ4n) is 0.737. The molecule has 0 spiro atoms. The molecule has 0 radical (unpaired) electrons. The molecule has 1 rings (SSSR count). The number of hydrogen-bond acceptors (Lipinski definition) is 3. The Labute approximate surface area is 92.0 Å². The van der Waals surface area contributed by atoms with Crippen LogP contribution in [0.15, 0.2) is 6.07 Å². The molecule has 15 heavy (non-hydrogen) atoms. The lowest BCUT2D eigenvalue weighted by Crippen LogP contribution is -2.18. The summed E-state index contributed by atoms with van der Waals surface area (Å²) in [7, 11) is 0. The van der Waals surface area contributed by atoms with Crippen molar-refractivity contribution in [3.63, 3.8) is 0 Å². The lowest BCUT2D eigenvalue weighted by Gasteiger charge is -2.11. The van der Waals surface area contributed by atoms with Crippen LogP contribution >= 0.6 is 23.2 Å². The van der Waals surface area contributed by atoms with E-state index in [2.05, 4.69) is 9.72 Å². The second-order valence-electron chi connectivity index (χ2n) is 2.27. The van der Waals surface area contributed by atoms with Crippen LogP contribution in [0, 0.1) is 11.3 Å². The van der Waals surface area contributed by atoms with Crippen LogP contribution in [0.4, 0.5) is 13.2 Å². The number of pyridine rings is 1. The Hall–Kier alpha value is -1.19. The minimum atomic E-state index is -4.91. The summed E-state index contributed by atoms with van der Waals surface area (Å²) in [6, 6.07) is 2.51. The minimum absolute atomic E-state index is 0.195. The van der Waals surface area contributed by atoms with Gasteiger partial charge in [-0.2, -0.15) is 5.26 Å². The van der Waals surface area contributed by atoms with E-state index in [9.17, 15) is 13.2 Å². The van der Waals surface area contributed by atoms with Gasteiger partial charge in [-0.15, -0.1) is 13.2 Å². The largest absolute Gasteiger partial charge is 0.573 e. The fourth-order valence-corrected chi connectivity index (χ4v) is 1.25. The zero-order chi connectivity index (χ0) is 11.6. The first-order valence-corrected chi connectivity index (χ1v) is 4.11. The zero-order valence-corrected chi connectivity index (χ0v) is 8.28. The van der Waals surface area contributed by atoms with Gasteiger partial charge < -0.3 is 4.74 Å². The maximum absolute atomic E-state index is 11.9. The molecule has 0 bridgehead atoms.